The van der Waals surface area contributed by atoms with E-state index in [0.717, 1.165) is 21.4 Å². The zero-order chi connectivity index (χ0) is 17.2. The fourth-order valence-corrected chi connectivity index (χ4v) is 4.54. The highest BCUT2D eigenvalue weighted by molar-refractivity contribution is 8.01. The van der Waals surface area contributed by atoms with Gasteiger partial charge in [-0.1, -0.05) is 26.0 Å². The molecule has 0 unspecified atom stereocenters. The summed E-state index contributed by atoms with van der Waals surface area (Å²) in [5.74, 6) is -1.45. The number of carbonyl (C=O) groups is 2. The molecule has 1 aromatic carbocycles. The van der Waals surface area contributed by atoms with E-state index in [4.69, 9.17) is 5.73 Å². The Morgan fingerprint density at radius 2 is 2.09 bits per heavy atom. The molecule has 5 nitrogen and oxygen atoms in total. The van der Waals surface area contributed by atoms with E-state index in [1.54, 1.807) is 0 Å². The van der Waals surface area contributed by atoms with Gasteiger partial charge in [0, 0.05) is 22.0 Å². The predicted octanol–water partition coefficient (Wildman–Crippen LogP) is 3.31. The zero-order valence-corrected chi connectivity index (χ0v) is 14.4. The molecule has 1 atom stereocenters. The van der Waals surface area contributed by atoms with Crippen LogP contribution in [0, 0.1) is 12.8 Å². The van der Waals surface area contributed by atoms with Crippen LogP contribution in [-0.2, 0) is 9.59 Å². The van der Waals surface area contributed by atoms with Gasteiger partial charge in [0.15, 0.2) is 0 Å². The SMILES string of the molecule is Cc1cccc2[nH]cc(S[C@@](CC(=O)O)(CC(C)C)C(N)=O)c12. The molecule has 0 radical (unpaired) electrons. The minimum atomic E-state index is -1.16. The van der Waals surface area contributed by atoms with Gasteiger partial charge in [0.1, 0.15) is 4.75 Å². The number of nitrogens with one attached hydrogen (secondary N) is 1. The summed E-state index contributed by atoms with van der Waals surface area (Å²) in [6, 6.07) is 5.90. The second-order valence-corrected chi connectivity index (χ2v) is 7.70. The molecule has 1 aromatic heterocycles. The molecule has 0 aliphatic heterocycles. The van der Waals surface area contributed by atoms with E-state index in [1.165, 1.54) is 11.8 Å². The number of hydrogen-bond acceptors (Lipinski definition) is 3. The molecular formula is C17H22N2O3S. The standard InChI is InChI=1S/C17H22N2O3S/c1-10(2)7-17(16(18)22,8-14(20)21)23-13-9-19-12-6-4-5-11(3)15(12)13/h4-6,9-10,19H,7-8H2,1-3H3,(H2,18,22)(H,20,21)/t17-/m1/s1. The van der Waals surface area contributed by atoms with Gasteiger partial charge in [-0.05, 0) is 30.9 Å². The van der Waals surface area contributed by atoms with Crippen LogP contribution in [0.15, 0.2) is 29.3 Å². The monoisotopic (exact) mass is 334 g/mol. The minimum Gasteiger partial charge on any atom is -0.481 e. The Bertz CT molecular complexity index is 739. The van der Waals surface area contributed by atoms with Gasteiger partial charge in [0.2, 0.25) is 5.91 Å². The van der Waals surface area contributed by atoms with Gasteiger partial charge in [-0.15, -0.1) is 11.8 Å². The van der Waals surface area contributed by atoms with E-state index in [2.05, 4.69) is 4.98 Å². The maximum Gasteiger partial charge on any atom is 0.305 e. The highest BCUT2D eigenvalue weighted by Gasteiger charge is 2.41. The number of thioether (sulfide) groups is 1. The third kappa shape index (κ3) is 3.69. The summed E-state index contributed by atoms with van der Waals surface area (Å²) in [4.78, 5) is 27.5. The van der Waals surface area contributed by atoms with Crippen LogP contribution in [0.3, 0.4) is 0 Å². The number of rotatable bonds is 7. The van der Waals surface area contributed by atoms with Crippen LogP contribution < -0.4 is 5.73 Å². The Morgan fingerprint density at radius 1 is 1.39 bits per heavy atom. The Labute approximate surface area is 139 Å². The Kier molecular flexibility index (Phi) is 5.04. The number of carboxylic acid groups (broad SMARTS) is 1. The van der Waals surface area contributed by atoms with Crippen LogP contribution in [0.5, 0.6) is 0 Å². The highest BCUT2D eigenvalue weighted by Crippen LogP contribution is 2.43. The Balaban J connectivity index is 2.50. The molecule has 6 heteroatoms. The summed E-state index contributed by atoms with van der Waals surface area (Å²) in [7, 11) is 0. The molecule has 23 heavy (non-hydrogen) atoms. The molecule has 0 saturated carbocycles. The van der Waals surface area contributed by atoms with Crippen LogP contribution in [-0.4, -0.2) is 26.7 Å². The van der Waals surface area contributed by atoms with Crippen molar-refractivity contribution >= 4 is 34.5 Å². The number of aromatic nitrogens is 1. The molecule has 0 fully saturated rings. The summed E-state index contributed by atoms with van der Waals surface area (Å²) in [5.41, 5.74) is 7.67. The van der Waals surface area contributed by atoms with E-state index in [-0.39, 0.29) is 12.3 Å². The molecule has 2 aromatic rings. The molecule has 2 rings (SSSR count). The molecule has 1 heterocycles. The third-order valence-corrected chi connectivity index (χ3v) is 5.25. The van der Waals surface area contributed by atoms with Gasteiger partial charge in [0.25, 0.3) is 0 Å². The predicted molar refractivity (Wildman–Crippen MR) is 92.5 cm³/mol. The van der Waals surface area contributed by atoms with Crippen molar-refractivity contribution in [2.45, 2.75) is 43.3 Å². The van der Waals surface area contributed by atoms with Crippen molar-refractivity contribution in [3.63, 3.8) is 0 Å². The van der Waals surface area contributed by atoms with Crippen molar-refractivity contribution in [3.05, 3.63) is 30.0 Å². The molecule has 0 bridgehead atoms. The lowest BCUT2D eigenvalue weighted by Gasteiger charge is -2.30. The average molecular weight is 334 g/mol. The first kappa shape index (κ1) is 17.4. The van der Waals surface area contributed by atoms with E-state index in [0.29, 0.717) is 6.42 Å². The third-order valence-electron chi connectivity index (χ3n) is 3.81. The van der Waals surface area contributed by atoms with E-state index < -0.39 is 16.6 Å². The Morgan fingerprint density at radius 3 is 2.65 bits per heavy atom. The molecule has 0 saturated heterocycles. The van der Waals surface area contributed by atoms with Crippen LogP contribution in [0.25, 0.3) is 10.9 Å². The van der Waals surface area contributed by atoms with Crippen molar-refractivity contribution in [1.82, 2.24) is 4.98 Å². The first-order valence-electron chi connectivity index (χ1n) is 7.52. The van der Waals surface area contributed by atoms with E-state index >= 15 is 0 Å². The number of amides is 1. The lowest BCUT2D eigenvalue weighted by Crippen LogP contribution is -2.43. The number of nitrogens with two attached hydrogens (primary N) is 1. The maximum absolute atomic E-state index is 12.2. The van der Waals surface area contributed by atoms with Gasteiger partial charge in [-0.3, -0.25) is 9.59 Å². The molecular weight excluding hydrogens is 312 g/mol. The van der Waals surface area contributed by atoms with Crippen LogP contribution >= 0.6 is 11.8 Å². The maximum atomic E-state index is 12.2. The quantitative estimate of drug-likeness (QED) is 0.677. The van der Waals surface area contributed by atoms with Crippen molar-refractivity contribution in [2.24, 2.45) is 11.7 Å². The highest BCUT2D eigenvalue weighted by atomic mass is 32.2. The smallest absolute Gasteiger partial charge is 0.305 e. The average Bonchev–Trinajstić information content (AvgIpc) is 2.81. The number of aromatic amines is 1. The van der Waals surface area contributed by atoms with Crippen molar-refractivity contribution in [1.29, 1.82) is 0 Å². The zero-order valence-electron chi connectivity index (χ0n) is 13.6. The van der Waals surface area contributed by atoms with Crippen LogP contribution in [0.4, 0.5) is 0 Å². The van der Waals surface area contributed by atoms with Gasteiger partial charge in [-0.25, -0.2) is 0 Å². The number of hydrogen-bond donors (Lipinski definition) is 3. The summed E-state index contributed by atoms with van der Waals surface area (Å²) < 4.78 is -1.16. The molecule has 0 aliphatic carbocycles. The lowest BCUT2D eigenvalue weighted by atomic mass is 9.92. The lowest BCUT2D eigenvalue weighted by molar-refractivity contribution is -0.139. The summed E-state index contributed by atoms with van der Waals surface area (Å²) >= 11 is 1.26. The van der Waals surface area contributed by atoms with E-state index in [9.17, 15) is 14.7 Å². The van der Waals surface area contributed by atoms with Crippen molar-refractivity contribution in [2.75, 3.05) is 0 Å². The number of primary amides is 1. The first-order valence-corrected chi connectivity index (χ1v) is 8.34. The van der Waals surface area contributed by atoms with Gasteiger partial charge in [-0.2, -0.15) is 0 Å². The number of aryl methyl sites for hydroxylation is 1. The van der Waals surface area contributed by atoms with Gasteiger partial charge >= 0.3 is 5.97 Å². The second kappa shape index (κ2) is 6.66. The molecule has 4 N–H and O–H groups in total. The fourth-order valence-electron chi connectivity index (χ4n) is 2.91. The van der Waals surface area contributed by atoms with Crippen LogP contribution in [0.2, 0.25) is 0 Å². The van der Waals surface area contributed by atoms with Crippen molar-refractivity contribution in [3.8, 4) is 0 Å². The normalized spacial score (nSPS) is 14.1. The largest absolute Gasteiger partial charge is 0.481 e. The summed E-state index contributed by atoms with van der Waals surface area (Å²) in [6.45, 7) is 5.91. The number of fused-ring (bicyclic) bond motifs is 1. The molecule has 0 aliphatic rings. The van der Waals surface area contributed by atoms with E-state index in [1.807, 2.05) is 45.2 Å². The van der Waals surface area contributed by atoms with Gasteiger partial charge < -0.3 is 15.8 Å². The summed E-state index contributed by atoms with van der Waals surface area (Å²) in [5, 5.41) is 10.3. The number of benzene rings is 1. The topological polar surface area (TPSA) is 96.2 Å². The molecule has 124 valence electrons. The molecule has 0 spiro atoms. The first-order chi connectivity index (χ1) is 10.7. The minimum absolute atomic E-state index is 0.153. The Hall–Kier alpha value is -1.95. The van der Waals surface area contributed by atoms with Crippen LogP contribution in [0.1, 0.15) is 32.3 Å². The van der Waals surface area contributed by atoms with Gasteiger partial charge in [0.05, 0.1) is 6.42 Å². The number of carbonyl (C=O) groups excluding carboxylic acids is 1. The molecule has 1 amide bonds. The number of H-pyrrole nitrogens is 1. The summed E-state index contributed by atoms with van der Waals surface area (Å²) in [6.07, 6.45) is 1.95. The number of aliphatic carboxylic acids is 1. The van der Waals surface area contributed by atoms with Crippen molar-refractivity contribution < 1.29 is 14.7 Å². The fraction of sp³-hybridized carbons (Fsp3) is 0.412. The second-order valence-electron chi connectivity index (χ2n) is 6.28. The number of carboxylic acids is 1.